The summed E-state index contributed by atoms with van der Waals surface area (Å²) in [5.41, 5.74) is 1.66. The van der Waals surface area contributed by atoms with E-state index in [2.05, 4.69) is 4.98 Å². The lowest BCUT2D eigenvalue weighted by atomic mass is 10.4. The molecule has 0 saturated heterocycles. The van der Waals surface area contributed by atoms with Gasteiger partial charge in [0, 0.05) is 7.11 Å². The third kappa shape index (κ3) is 1.58. The topological polar surface area (TPSA) is 47.3 Å². The maximum atomic E-state index is 8.90. The fourth-order valence-electron chi connectivity index (χ4n) is 0.964. The van der Waals surface area contributed by atoms with Gasteiger partial charge in [-0.3, -0.25) is 0 Å². The molecule has 0 spiro atoms. The number of aromatic nitrogens is 2. The predicted octanol–water partition coefficient (Wildman–Crippen LogP) is 0.288. The Bertz CT molecular complexity index is 232. The van der Waals surface area contributed by atoms with Gasteiger partial charge in [-0.15, -0.1) is 0 Å². The highest BCUT2D eigenvalue weighted by atomic mass is 16.5. The zero-order chi connectivity index (χ0) is 8.27. The summed E-state index contributed by atoms with van der Waals surface area (Å²) in [6.45, 7) is 2.31. The predicted molar refractivity (Wildman–Crippen MR) is 39.9 cm³/mol. The molecule has 1 rings (SSSR count). The molecule has 0 fully saturated rings. The van der Waals surface area contributed by atoms with E-state index in [9.17, 15) is 0 Å². The van der Waals surface area contributed by atoms with Crippen molar-refractivity contribution < 1.29 is 9.84 Å². The largest absolute Gasteiger partial charge is 0.390 e. The van der Waals surface area contributed by atoms with Crippen LogP contribution in [0.1, 0.15) is 11.4 Å². The number of imidazole rings is 1. The lowest BCUT2D eigenvalue weighted by Crippen LogP contribution is -2.03. The van der Waals surface area contributed by atoms with E-state index < -0.39 is 0 Å². The Morgan fingerprint density at radius 3 is 3.00 bits per heavy atom. The van der Waals surface area contributed by atoms with E-state index in [1.165, 1.54) is 0 Å². The number of ether oxygens (including phenoxy) is 1. The van der Waals surface area contributed by atoms with Crippen LogP contribution in [-0.4, -0.2) is 21.8 Å². The Morgan fingerprint density at radius 1 is 1.73 bits per heavy atom. The van der Waals surface area contributed by atoms with Gasteiger partial charge in [0.15, 0.2) is 0 Å². The fraction of sp³-hybridized carbons (Fsp3) is 0.571. The van der Waals surface area contributed by atoms with Gasteiger partial charge in [0.05, 0.1) is 24.3 Å². The van der Waals surface area contributed by atoms with Crippen molar-refractivity contribution in [3.8, 4) is 0 Å². The minimum Gasteiger partial charge on any atom is -0.390 e. The highest BCUT2D eigenvalue weighted by Crippen LogP contribution is 2.05. The molecule has 0 saturated carbocycles. The monoisotopic (exact) mass is 156 g/mol. The standard InChI is InChI=1S/C7H12N2O2/c1-6-7(3-10)9(4-8-6)5-11-2/h4,10H,3,5H2,1-2H3. The number of aliphatic hydroxyl groups excluding tert-OH is 1. The Labute approximate surface area is 65.4 Å². The molecule has 0 aliphatic heterocycles. The molecule has 1 heterocycles. The smallest absolute Gasteiger partial charge is 0.123 e. The van der Waals surface area contributed by atoms with Gasteiger partial charge in [-0.1, -0.05) is 0 Å². The van der Waals surface area contributed by atoms with Gasteiger partial charge in [-0.05, 0) is 6.92 Å². The van der Waals surface area contributed by atoms with Crippen LogP contribution in [0.4, 0.5) is 0 Å². The summed E-state index contributed by atoms with van der Waals surface area (Å²) in [5, 5.41) is 8.90. The zero-order valence-corrected chi connectivity index (χ0v) is 6.74. The summed E-state index contributed by atoms with van der Waals surface area (Å²) in [5.74, 6) is 0. The normalized spacial score (nSPS) is 10.5. The molecule has 4 nitrogen and oxygen atoms in total. The second-order valence-electron chi connectivity index (χ2n) is 2.32. The molecule has 4 heteroatoms. The molecule has 0 aliphatic rings. The summed E-state index contributed by atoms with van der Waals surface area (Å²) in [6.07, 6.45) is 1.66. The van der Waals surface area contributed by atoms with Gasteiger partial charge in [-0.2, -0.15) is 0 Å². The maximum Gasteiger partial charge on any atom is 0.123 e. The first-order chi connectivity index (χ1) is 5.29. The van der Waals surface area contributed by atoms with Crippen LogP contribution in [0, 0.1) is 6.92 Å². The van der Waals surface area contributed by atoms with E-state index in [1.54, 1.807) is 18.0 Å². The number of rotatable bonds is 3. The highest BCUT2D eigenvalue weighted by molar-refractivity contribution is 5.09. The van der Waals surface area contributed by atoms with Crippen molar-refractivity contribution in [1.82, 2.24) is 9.55 Å². The lowest BCUT2D eigenvalue weighted by Gasteiger charge is -2.03. The third-order valence-corrected chi connectivity index (χ3v) is 1.57. The Morgan fingerprint density at radius 2 is 2.45 bits per heavy atom. The van der Waals surface area contributed by atoms with Crippen LogP contribution < -0.4 is 0 Å². The average molecular weight is 156 g/mol. The average Bonchev–Trinajstić information content (AvgIpc) is 2.33. The Hall–Kier alpha value is -0.870. The van der Waals surface area contributed by atoms with Gasteiger partial charge >= 0.3 is 0 Å². The zero-order valence-electron chi connectivity index (χ0n) is 6.74. The lowest BCUT2D eigenvalue weighted by molar-refractivity contribution is 0.123. The van der Waals surface area contributed by atoms with Crippen LogP contribution in [0.2, 0.25) is 0 Å². The summed E-state index contributed by atoms with van der Waals surface area (Å²) < 4.78 is 6.67. The number of aryl methyl sites for hydroxylation is 1. The molecular weight excluding hydrogens is 144 g/mol. The minimum absolute atomic E-state index is 0.00912. The van der Waals surface area contributed by atoms with E-state index in [1.807, 2.05) is 6.92 Å². The first-order valence-electron chi connectivity index (χ1n) is 3.40. The molecule has 1 N–H and O–H groups in total. The minimum atomic E-state index is 0.00912. The third-order valence-electron chi connectivity index (χ3n) is 1.57. The van der Waals surface area contributed by atoms with Crippen LogP contribution >= 0.6 is 0 Å². The van der Waals surface area contributed by atoms with Crippen molar-refractivity contribution in [3.05, 3.63) is 17.7 Å². The van der Waals surface area contributed by atoms with Crippen LogP contribution in [-0.2, 0) is 18.1 Å². The van der Waals surface area contributed by atoms with Crippen molar-refractivity contribution >= 4 is 0 Å². The van der Waals surface area contributed by atoms with Crippen molar-refractivity contribution in [1.29, 1.82) is 0 Å². The van der Waals surface area contributed by atoms with Crippen LogP contribution in [0.15, 0.2) is 6.33 Å². The Kier molecular flexibility index (Phi) is 2.62. The van der Waals surface area contributed by atoms with Crippen molar-refractivity contribution in [2.24, 2.45) is 0 Å². The van der Waals surface area contributed by atoms with Gasteiger partial charge in [0.25, 0.3) is 0 Å². The first kappa shape index (κ1) is 8.23. The molecular formula is C7H12N2O2. The van der Waals surface area contributed by atoms with E-state index in [0.29, 0.717) is 6.73 Å². The number of nitrogens with zero attached hydrogens (tertiary/aromatic N) is 2. The second kappa shape index (κ2) is 3.50. The molecule has 0 bridgehead atoms. The van der Waals surface area contributed by atoms with E-state index >= 15 is 0 Å². The molecule has 1 aromatic rings. The summed E-state index contributed by atoms with van der Waals surface area (Å²) >= 11 is 0. The molecule has 0 radical (unpaired) electrons. The number of methoxy groups -OCH3 is 1. The van der Waals surface area contributed by atoms with Crippen molar-refractivity contribution in [3.63, 3.8) is 0 Å². The summed E-state index contributed by atoms with van der Waals surface area (Å²) in [4.78, 5) is 4.03. The van der Waals surface area contributed by atoms with Gasteiger partial charge < -0.3 is 14.4 Å². The molecule has 0 aromatic carbocycles. The van der Waals surface area contributed by atoms with Crippen LogP contribution in [0.25, 0.3) is 0 Å². The molecule has 0 atom stereocenters. The molecule has 11 heavy (non-hydrogen) atoms. The van der Waals surface area contributed by atoms with E-state index in [-0.39, 0.29) is 6.61 Å². The first-order valence-corrected chi connectivity index (χ1v) is 3.40. The number of hydrogen-bond donors (Lipinski definition) is 1. The molecule has 0 unspecified atom stereocenters. The highest BCUT2D eigenvalue weighted by Gasteiger charge is 2.03. The number of aliphatic hydroxyl groups is 1. The van der Waals surface area contributed by atoms with Crippen LogP contribution in [0.3, 0.4) is 0 Å². The van der Waals surface area contributed by atoms with Gasteiger partial charge in [0.2, 0.25) is 0 Å². The Balaban J connectivity index is 2.86. The van der Waals surface area contributed by atoms with Gasteiger partial charge in [-0.25, -0.2) is 4.98 Å². The second-order valence-corrected chi connectivity index (χ2v) is 2.32. The SMILES string of the molecule is COCn1cnc(C)c1CO. The fourth-order valence-corrected chi connectivity index (χ4v) is 0.964. The van der Waals surface area contributed by atoms with Gasteiger partial charge in [0.1, 0.15) is 6.73 Å². The quantitative estimate of drug-likeness (QED) is 0.684. The molecule has 62 valence electrons. The maximum absolute atomic E-state index is 8.90. The number of hydrogen-bond acceptors (Lipinski definition) is 3. The van der Waals surface area contributed by atoms with Crippen molar-refractivity contribution in [2.75, 3.05) is 7.11 Å². The molecule has 1 aromatic heterocycles. The van der Waals surface area contributed by atoms with Crippen LogP contribution in [0.5, 0.6) is 0 Å². The van der Waals surface area contributed by atoms with Crippen molar-refractivity contribution in [2.45, 2.75) is 20.3 Å². The van der Waals surface area contributed by atoms with E-state index in [0.717, 1.165) is 11.4 Å². The molecule has 0 aliphatic carbocycles. The summed E-state index contributed by atoms with van der Waals surface area (Å²) in [7, 11) is 1.61. The molecule has 0 amide bonds. The van der Waals surface area contributed by atoms with E-state index in [4.69, 9.17) is 9.84 Å². The summed E-state index contributed by atoms with van der Waals surface area (Å²) in [6, 6.07) is 0.